The van der Waals surface area contributed by atoms with Crippen molar-refractivity contribution in [2.24, 2.45) is 5.73 Å². The van der Waals surface area contributed by atoms with Gasteiger partial charge in [-0.3, -0.25) is 4.55 Å². The van der Waals surface area contributed by atoms with Crippen molar-refractivity contribution in [1.82, 2.24) is 0 Å². The van der Waals surface area contributed by atoms with E-state index in [4.69, 9.17) is 20.5 Å². The van der Waals surface area contributed by atoms with Gasteiger partial charge in [0.25, 0.3) is 0 Å². The Morgan fingerprint density at radius 1 is 1.22 bits per heavy atom. The van der Waals surface area contributed by atoms with E-state index in [2.05, 4.69) is 4.18 Å². The summed E-state index contributed by atoms with van der Waals surface area (Å²) in [6, 6.07) is -1.43. The molecule has 12 heteroatoms. The van der Waals surface area contributed by atoms with Gasteiger partial charge in [-0.1, -0.05) is 0 Å². The number of nitrogens with two attached hydrogens (primary N) is 1. The SMILES string of the molecule is N[C@@H](C=O)[C@@H](O)[C@H](O)[C@H](O)COS(=O)(=O)O.[Cl-].[K+]. The number of hydrogen-bond acceptors (Lipinski definition) is 8. The van der Waals surface area contributed by atoms with Gasteiger partial charge in [-0.2, -0.15) is 8.42 Å². The van der Waals surface area contributed by atoms with Crippen LogP contribution in [0.1, 0.15) is 0 Å². The smallest absolute Gasteiger partial charge is 1.00 e. The van der Waals surface area contributed by atoms with Crippen LogP contribution in [0.15, 0.2) is 0 Å². The maximum Gasteiger partial charge on any atom is 1.00 e. The van der Waals surface area contributed by atoms with E-state index in [9.17, 15) is 18.3 Å². The molecular weight excluding hydrogens is 321 g/mol. The molecule has 104 valence electrons. The van der Waals surface area contributed by atoms with Gasteiger partial charge >= 0.3 is 61.8 Å². The zero-order valence-electron chi connectivity index (χ0n) is 9.38. The molecule has 0 bridgehead atoms. The van der Waals surface area contributed by atoms with Crippen molar-refractivity contribution in [2.45, 2.75) is 24.4 Å². The van der Waals surface area contributed by atoms with Crippen LogP contribution >= 0.6 is 0 Å². The molecule has 0 amide bonds. The van der Waals surface area contributed by atoms with Crippen LogP contribution in [0, 0.1) is 0 Å². The van der Waals surface area contributed by atoms with Gasteiger partial charge in [0.1, 0.15) is 24.6 Å². The van der Waals surface area contributed by atoms with Gasteiger partial charge in [-0.25, -0.2) is 4.18 Å². The minimum Gasteiger partial charge on any atom is -1.00 e. The Bertz CT molecular complexity index is 328. The molecule has 0 aliphatic rings. The predicted molar refractivity (Wildman–Crippen MR) is 49.6 cm³/mol. The van der Waals surface area contributed by atoms with Gasteiger partial charge < -0.3 is 38.3 Å². The van der Waals surface area contributed by atoms with Crippen molar-refractivity contribution >= 4 is 16.7 Å². The maximum atomic E-state index is 10.1. The van der Waals surface area contributed by atoms with Crippen LogP contribution in [0.25, 0.3) is 0 Å². The van der Waals surface area contributed by atoms with Crippen LogP contribution in [-0.2, 0) is 19.4 Å². The first-order valence-corrected chi connectivity index (χ1v) is 5.42. The fraction of sp³-hybridized carbons (Fsp3) is 0.833. The fourth-order valence-corrected chi connectivity index (χ4v) is 1.10. The summed E-state index contributed by atoms with van der Waals surface area (Å²) in [5.74, 6) is 0. The second-order valence-electron chi connectivity index (χ2n) is 2.97. The van der Waals surface area contributed by atoms with Crippen LogP contribution < -0.4 is 69.5 Å². The number of carbonyl (C=O) groups excluding carboxylic acids is 1. The summed E-state index contributed by atoms with van der Waals surface area (Å²) in [7, 11) is -4.76. The standard InChI is InChI=1S/C6H13NO8S.ClH.K/c7-3(1-8)5(10)6(11)4(9)2-15-16(12,13)14;;/h1,3-6,9-11H,2,7H2,(H,12,13,14);1H;/q;;+1/p-1/t3-,4+,5+,6+;;/m0../s1. The van der Waals surface area contributed by atoms with Crippen molar-refractivity contribution in [3.05, 3.63) is 0 Å². The molecule has 18 heavy (non-hydrogen) atoms. The topological polar surface area (TPSA) is 167 Å². The summed E-state index contributed by atoms with van der Waals surface area (Å²) < 4.78 is 32.1. The molecule has 9 nitrogen and oxygen atoms in total. The van der Waals surface area contributed by atoms with Gasteiger partial charge in [-0.05, 0) is 0 Å². The third-order valence-electron chi connectivity index (χ3n) is 1.68. The van der Waals surface area contributed by atoms with Gasteiger partial charge in [0.2, 0.25) is 0 Å². The van der Waals surface area contributed by atoms with Crippen molar-refractivity contribution in [2.75, 3.05) is 6.61 Å². The molecule has 0 aliphatic heterocycles. The molecule has 0 aliphatic carbocycles. The van der Waals surface area contributed by atoms with Crippen molar-refractivity contribution in [3.63, 3.8) is 0 Å². The van der Waals surface area contributed by atoms with Gasteiger partial charge in [-0.15, -0.1) is 0 Å². The molecule has 0 rings (SSSR count). The molecule has 0 radical (unpaired) electrons. The molecular formula is C6H13ClKNO8S. The first-order chi connectivity index (χ1) is 7.19. The minimum atomic E-state index is -4.76. The van der Waals surface area contributed by atoms with Gasteiger partial charge in [0.05, 0.1) is 12.6 Å². The summed E-state index contributed by atoms with van der Waals surface area (Å²) in [4.78, 5) is 10.1. The van der Waals surface area contributed by atoms with Crippen molar-refractivity contribution < 1.29 is 101 Å². The monoisotopic (exact) mass is 333 g/mol. The Labute approximate surface area is 152 Å². The van der Waals surface area contributed by atoms with E-state index in [0.29, 0.717) is 0 Å². The Morgan fingerprint density at radius 3 is 2.00 bits per heavy atom. The predicted octanol–water partition coefficient (Wildman–Crippen LogP) is -9.58. The molecule has 0 heterocycles. The Hall–Kier alpha value is 1.31. The number of carbonyl (C=O) groups is 1. The largest absolute Gasteiger partial charge is 1.00 e. The normalized spacial score (nSPS) is 17.6. The summed E-state index contributed by atoms with van der Waals surface area (Å²) in [6.07, 6.45) is -5.35. The zero-order valence-corrected chi connectivity index (χ0v) is 14.1. The second kappa shape index (κ2) is 11.0. The third-order valence-corrected chi connectivity index (χ3v) is 2.12. The average molecular weight is 334 g/mol. The third kappa shape index (κ3) is 10.1. The van der Waals surface area contributed by atoms with Crippen LogP contribution in [0.3, 0.4) is 0 Å². The maximum absolute atomic E-state index is 10.1. The molecule has 0 spiro atoms. The van der Waals surface area contributed by atoms with Crippen LogP contribution in [0.5, 0.6) is 0 Å². The van der Waals surface area contributed by atoms with Crippen LogP contribution in [0.4, 0.5) is 0 Å². The summed E-state index contributed by atoms with van der Waals surface area (Å²) in [5.41, 5.74) is 5.04. The number of aliphatic hydroxyl groups is 3. The van der Waals surface area contributed by atoms with E-state index in [1.807, 2.05) is 0 Å². The number of hydrogen-bond donors (Lipinski definition) is 5. The van der Waals surface area contributed by atoms with E-state index in [-0.39, 0.29) is 70.1 Å². The van der Waals surface area contributed by atoms with Crippen LogP contribution in [0.2, 0.25) is 0 Å². The molecule has 0 aromatic carbocycles. The minimum absolute atomic E-state index is 0. The number of rotatable bonds is 7. The summed E-state index contributed by atoms with van der Waals surface area (Å²) >= 11 is 0. The summed E-state index contributed by atoms with van der Waals surface area (Å²) in [5, 5.41) is 27.5. The van der Waals surface area contributed by atoms with E-state index >= 15 is 0 Å². The first kappa shape index (κ1) is 24.3. The second-order valence-corrected chi connectivity index (χ2v) is 4.07. The van der Waals surface area contributed by atoms with Gasteiger partial charge in [0, 0.05) is 0 Å². The molecule has 0 saturated heterocycles. The fourth-order valence-electron chi connectivity index (χ4n) is 0.790. The van der Waals surface area contributed by atoms with E-state index in [0.717, 1.165) is 0 Å². The Morgan fingerprint density at radius 2 is 1.67 bits per heavy atom. The number of aldehydes is 1. The van der Waals surface area contributed by atoms with Crippen molar-refractivity contribution in [3.8, 4) is 0 Å². The van der Waals surface area contributed by atoms with Crippen LogP contribution in [-0.4, -0.2) is 65.5 Å². The molecule has 0 fully saturated rings. The molecule has 0 saturated carbocycles. The Kier molecular flexibility index (Phi) is 14.9. The first-order valence-electron chi connectivity index (χ1n) is 4.06. The molecule has 0 unspecified atom stereocenters. The van der Waals surface area contributed by atoms with E-state index in [1.165, 1.54) is 0 Å². The van der Waals surface area contributed by atoms with E-state index < -0.39 is 41.4 Å². The zero-order chi connectivity index (χ0) is 12.9. The molecule has 4 atom stereocenters. The van der Waals surface area contributed by atoms with E-state index in [1.54, 1.807) is 0 Å². The quantitative estimate of drug-likeness (QED) is 0.172. The Balaban J connectivity index is -0.00000112. The van der Waals surface area contributed by atoms with Gasteiger partial charge in [0.15, 0.2) is 0 Å². The molecule has 0 aromatic heterocycles. The van der Waals surface area contributed by atoms with Crippen molar-refractivity contribution in [1.29, 1.82) is 0 Å². The number of aliphatic hydroxyl groups excluding tert-OH is 3. The molecule has 6 N–H and O–H groups in total. The molecule has 0 aromatic rings. The summed E-state index contributed by atoms with van der Waals surface area (Å²) in [6.45, 7) is -0.983. The average Bonchev–Trinajstić information content (AvgIpc) is 2.21. The number of halogens is 1.